The highest BCUT2D eigenvalue weighted by atomic mass is 16.5. The second kappa shape index (κ2) is 5.11. The van der Waals surface area contributed by atoms with Crippen LogP contribution in [0, 0.1) is 0 Å². The molecule has 2 rings (SSSR count). The van der Waals surface area contributed by atoms with Crippen molar-refractivity contribution >= 4 is 11.9 Å². The quantitative estimate of drug-likeness (QED) is 0.770. The zero-order valence-electron chi connectivity index (χ0n) is 9.30. The summed E-state index contributed by atoms with van der Waals surface area (Å²) in [5.41, 5.74) is 1.84. The highest BCUT2D eigenvalue weighted by molar-refractivity contribution is 5.74. The van der Waals surface area contributed by atoms with Crippen LogP contribution in [0.15, 0.2) is 30.7 Å². The minimum atomic E-state index is -0.359. The number of methoxy groups -OCH3 is 1. The van der Waals surface area contributed by atoms with E-state index in [0.717, 1.165) is 11.3 Å². The molecule has 17 heavy (non-hydrogen) atoms. The molecule has 2 N–H and O–H groups in total. The normalized spacial score (nSPS) is 9.94. The van der Waals surface area contributed by atoms with Gasteiger partial charge in [0.15, 0.2) is 0 Å². The van der Waals surface area contributed by atoms with Gasteiger partial charge in [-0.1, -0.05) is 0 Å². The van der Waals surface area contributed by atoms with Gasteiger partial charge in [-0.2, -0.15) is 0 Å². The van der Waals surface area contributed by atoms with Crippen LogP contribution in [-0.2, 0) is 9.53 Å². The first-order valence-electron chi connectivity index (χ1n) is 5.06. The van der Waals surface area contributed by atoms with Crippen molar-refractivity contribution in [1.82, 2.24) is 15.0 Å². The monoisotopic (exact) mass is 232 g/mol. The number of esters is 1. The molecule has 0 aliphatic heterocycles. The third-order valence-corrected chi connectivity index (χ3v) is 2.18. The van der Waals surface area contributed by atoms with Gasteiger partial charge in [0.1, 0.15) is 6.54 Å². The lowest BCUT2D eigenvalue weighted by Gasteiger charge is -2.03. The van der Waals surface area contributed by atoms with Crippen LogP contribution >= 0.6 is 0 Å². The summed E-state index contributed by atoms with van der Waals surface area (Å²) in [4.78, 5) is 22.1. The lowest BCUT2D eigenvalue weighted by Crippen LogP contribution is -2.16. The number of nitrogens with zero attached hydrogens (tertiary/aromatic N) is 2. The van der Waals surface area contributed by atoms with Crippen LogP contribution in [-0.4, -0.2) is 34.6 Å². The molecular weight excluding hydrogens is 220 g/mol. The zero-order valence-corrected chi connectivity index (χ0v) is 9.30. The fourth-order valence-corrected chi connectivity index (χ4v) is 1.29. The maximum Gasteiger partial charge on any atom is 0.325 e. The van der Waals surface area contributed by atoms with Crippen LogP contribution < -0.4 is 5.32 Å². The largest absolute Gasteiger partial charge is 0.468 e. The summed E-state index contributed by atoms with van der Waals surface area (Å²) in [5, 5.41) is 2.76. The Labute approximate surface area is 98.1 Å². The average molecular weight is 232 g/mol. The van der Waals surface area contributed by atoms with E-state index in [-0.39, 0.29) is 12.5 Å². The first kappa shape index (κ1) is 11.1. The molecule has 88 valence electrons. The zero-order chi connectivity index (χ0) is 12.1. The smallest absolute Gasteiger partial charge is 0.325 e. The highest BCUT2D eigenvalue weighted by Crippen LogP contribution is 2.14. The van der Waals surface area contributed by atoms with Crippen molar-refractivity contribution in [3.8, 4) is 11.3 Å². The Hall–Kier alpha value is -2.37. The van der Waals surface area contributed by atoms with Crippen molar-refractivity contribution < 1.29 is 9.53 Å². The van der Waals surface area contributed by atoms with Gasteiger partial charge in [-0.05, 0) is 12.1 Å². The van der Waals surface area contributed by atoms with Crippen molar-refractivity contribution in [1.29, 1.82) is 0 Å². The van der Waals surface area contributed by atoms with E-state index in [1.807, 2.05) is 18.3 Å². The van der Waals surface area contributed by atoms with Gasteiger partial charge >= 0.3 is 5.97 Å². The summed E-state index contributed by atoms with van der Waals surface area (Å²) in [6.07, 6.45) is 5.19. The van der Waals surface area contributed by atoms with Crippen molar-refractivity contribution in [3.63, 3.8) is 0 Å². The van der Waals surface area contributed by atoms with Gasteiger partial charge in [-0.15, -0.1) is 0 Å². The number of hydrogen-bond donors (Lipinski definition) is 2. The number of anilines is 1. The Kier molecular flexibility index (Phi) is 3.34. The molecule has 0 unspecified atom stereocenters. The molecule has 2 aromatic rings. The van der Waals surface area contributed by atoms with E-state index in [9.17, 15) is 4.79 Å². The number of nitrogens with one attached hydrogen (secondary N) is 2. The number of carbonyl (C=O) groups excluding carboxylic acids is 1. The van der Waals surface area contributed by atoms with E-state index in [2.05, 4.69) is 25.0 Å². The lowest BCUT2D eigenvalue weighted by atomic mass is 10.2. The molecule has 0 fully saturated rings. The number of aromatic nitrogens is 3. The fourth-order valence-electron chi connectivity index (χ4n) is 1.29. The molecule has 0 spiro atoms. The Bertz CT molecular complexity index is 479. The Morgan fingerprint density at radius 1 is 1.47 bits per heavy atom. The molecule has 0 radical (unpaired) electrons. The summed E-state index contributed by atoms with van der Waals surface area (Å²) in [6, 6.07) is 3.83. The van der Waals surface area contributed by atoms with Crippen LogP contribution in [0.1, 0.15) is 0 Å². The number of aromatic amines is 1. The summed E-state index contributed by atoms with van der Waals surface area (Å²) < 4.78 is 4.49. The van der Waals surface area contributed by atoms with Gasteiger partial charge in [0.25, 0.3) is 0 Å². The van der Waals surface area contributed by atoms with Gasteiger partial charge in [-0.25, -0.2) is 9.97 Å². The molecule has 0 saturated heterocycles. The summed E-state index contributed by atoms with van der Waals surface area (Å²) >= 11 is 0. The standard InChI is InChI=1S/C11H12N4O2/c1-17-10(16)7-15-11-13-5-8(6-14-11)9-3-2-4-12-9/h2-6,12H,7H2,1H3,(H,13,14,15). The third kappa shape index (κ3) is 2.81. The van der Waals surface area contributed by atoms with E-state index in [4.69, 9.17) is 0 Å². The summed E-state index contributed by atoms with van der Waals surface area (Å²) in [5.74, 6) is 0.0350. The number of rotatable bonds is 4. The molecule has 0 bridgehead atoms. The van der Waals surface area contributed by atoms with Crippen molar-refractivity contribution in [2.45, 2.75) is 0 Å². The first-order valence-corrected chi connectivity index (χ1v) is 5.06. The molecule has 0 atom stereocenters. The van der Waals surface area contributed by atoms with E-state index >= 15 is 0 Å². The van der Waals surface area contributed by atoms with Crippen LogP contribution in [0.4, 0.5) is 5.95 Å². The molecule has 0 aromatic carbocycles. The predicted molar refractivity (Wildman–Crippen MR) is 62.3 cm³/mol. The minimum absolute atomic E-state index is 0.0539. The maximum absolute atomic E-state index is 10.9. The van der Waals surface area contributed by atoms with Gasteiger partial charge in [0, 0.05) is 29.8 Å². The van der Waals surface area contributed by atoms with Gasteiger partial charge in [0.05, 0.1) is 7.11 Å². The van der Waals surface area contributed by atoms with E-state index < -0.39 is 0 Å². The average Bonchev–Trinajstić information content (AvgIpc) is 2.90. The molecule has 0 saturated carbocycles. The van der Waals surface area contributed by atoms with Gasteiger partial charge in [0.2, 0.25) is 5.95 Å². The number of carbonyl (C=O) groups is 1. The summed E-state index contributed by atoms with van der Waals surface area (Å²) in [7, 11) is 1.33. The van der Waals surface area contributed by atoms with Crippen LogP contribution in [0.3, 0.4) is 0 Å². The van der Waals surface area contributed by atoms with Gasteiger partial charge < -0.3 is 15.0 Å². The van der Waals surface area contributed by atoms with Gasteiger partial charge in [-0.3, -0.25) is 4.79 Å². The maximum atomic E-state index is 10.9. The first-order chi connectivity index (χ1) is 8.29. The predicted octanol–water partition coefficient (Wildman–Crippen LogP) is 1.06. The van der Waals surface area contributed by atoms with Crippen molar-refractivity contribution in [2.24, 2.45) is 0 Å². The highest BCUT2D eigenvalue weighted by Gasteiger charge is 2.03. The molecule has 2 heterocycles. The summed E-state index contributed by atoms with van der Waals surface area (Å²) in [6.45, 7) is 0.0539. The molecule has 6 nitrogen and oxygen atoms in total. The second-order valence-corrected chi connectivity index (χ2v) is 3.31. The van der Waals surface area contributed by atoms with Crippen molar-refractivity contribution in [3.05, 3.63) is 30.7 Å². The molecule has 0 amide bonds. The molecule has 2 aromatic heterocycles. The molecule has 0 aliphatic carbocycles. The number of ether oxygens (including phenoxy) is 1. The van der Waals surface area contributed by atoms with E-state index in [1.54, 1.807) is 12.4 Å². The number of hydrogen-bond acceptors (Lipinski definition) is 5. The second-order valence-electron chi connectivity index (χ2n) is 3.31. The lowest BCUT2D eigenvalue weighted by molar-refractivity contribution is -0.138. The molecule has 0 aliphatic rings. The topological polar surface area (TPSA) is 79.9 Å². The Morgan fingerprint density at radius 3 is 2.82 bits per heavy atom. The third-order valence-electron chi connectivity index (χ3n) is 2.18. The van der Waals surface area contributed by atoms with Crippen molar-refractivity contribution in [2.75, 3.05) is 19.0 Å². The van der Waals surface area contributed by atoms with Crippen LogP contribution in [0.2, 0.25) is 0 Å². The minimum Gasteiger partial charge on any atom is -0.468 e. The number of H-pyrrole nitrogens is 1. The SMILES string of the molecule is COC(=O)CNc1ncc(-c2ccc[nH]2)cn1. The van der Waals surface area contributed by atoms with E-state index in [1.165, 1.54) is 7.11 Å². The molecule has 6 heteroatoms. The Morgan fingerprint density at radius 2 is 2.24 bits per heavy atom. The van der Waals surface area contributed by atoms with Crippen LogP contribution in [0.5, 0.6) is 0 Å². The van der Waals surface area contributed by atoms with E-state index in [0.29, 0.717) is 5.95 Å². The van der Waals surface area contributed by atoms with Crippen LogP contribution in [0.25, 0.3) is 11.3 Å². The Balaban J connectivity index is 2.01. The molecular formula is C11H12N4O2. The fraction of sp³-hybridized carbons (Fsp3) is 0.182.